The number of hydrogen-bond donors (Lipinski definition) is 1. The molecule has 2 saturated heterocycles. The molecule has 2 heterocycles. The molecule has 0 radical (unpaired) electrons. The molecule has 0 aromatic carbocycles. The van der Waals surface area contributed by atoms with Crippen molar-refractivity contribution in [3.8, 4) is 0 Å². The van der Waals surface area contributed by atoms with Crippen molar-refractivity contribution in [3.63, 3.8) is 0 Å². The molecule has 2 rings (SSSR count). The van der Waals surface area contributed by atoms with Crippen LogP contribution in [0.1, 0.15) is 34.1 Å². The Hall–Kier alpha value is -0.340. The second-order valence-corrected chi connectivity index (χ2v) is 10.6. The topological polar surface area (TPSA) is 135 Å². The van der Waals surface area contributed by atoms with Crippen molar-refractivity contribution in [2.75, 3.05) is 19.5 Å². The van der Waals surface area contributed by atoms with E-state index < -0.39 is 55.4 Å². The molecule has 2 fully saturated rings. The summed E-state index contributed by atoms with van der Waals surface area (Å²) in [5.41, 5.74) is 0. The first-order valence-corrected chi connectivity index (χ1v) is 11.4. The lowest BCUT2D eigenvalue weighted by molar-refractivity contribution is -0.151. The SMILES string of the molecule is CC1(C)OCC([C@@H](C[C@@H]2OC(C)(C)O[C@H]2COS(C)(=O)=O)S(=O)(=O)O)O1. The van der Waals surface area contributed by atoms with Crippen LogP contribution in [0.25, 0.3) is 0 Å². The number of rotatable bonds is 7. The fourth-order valence-corrected chi connectivity index (χ4v) is 4.37. The molecule has 0 bridgehead atoms. The van der Waals surface area contributed by atoms with Crippen LogP contribution in [-0.4, -0.2) is 76.0 Å². The Morgan fingerprint density at radius 3 is 2.08 bits per heavy atom. The summed E-state index contributed by atoms with van der Waals surface area (Å²) < 4.78 is 82.9. The molecule has 0 saturated carbocycles. The second kappa shape index (κ2) is 7.24. The van der Waals surface area contributed by atoms with Gasteiger partial charge in [-0.15, -0.1) is 0 Å². The van der Waals surface area contributed by atoms with Gasteiger partial charge in [0.15, 0.2) is 11.6 Å². The van der Waals surface area contributed by atoms with E-state index in [1.54, 1.807) is 27.7 Å². The van der Waals surface area contributed by atoms with Gasteiger partial charge in [0.05, 0.1) is 25.6 Å². The lowest BCUT2D eigenvalue weighted by Crippen LogP contribution is -2.42. The maximum atomic E-state index is 11.9. The predicted octanol–water partition coefficient (Wildman–Crippen LogP) is 0.281. The molecule has 0 spiro atoms. The minimum Gasteiger partial charge on any atom is -0.348 e. The largest absolute Gasteiger partial charge is 0.348 e. The third-order valence-electron chi connectivity index (χ3n) is 4.02. The quantitative estimate of drug-likeness (QED) is 0.454. The van der Waals surface area contributed by atoms with E-state index in [0.29, 0.717) is 0 Å². The molecule has 0 aromatic rings. The Labute approximate surface area is 154 Å². The highest BCUT2D eigenvalue weighted by molar-refractivity contribution is 7.86. The van der Waals surface area contributed by atoms with Gasteiger partial charge in [0.2, 0.25) is 0 Å². The van der Waals surface area contributed by atoms with Gasteiger partial charge < -0.3 is 18.9 Å². The predicted molar refractivity (Wildman–Crippen MR) is 89.5 cm³/mol. The molecule has 10 nitrogen and oxygen atoms in total. The first-order valence-electron chi connectivity index (χ1n) is 8.06. The van der Waals surface area contributed by atoms with E-state index in [1.807, 2.05) is 0 Å². The smallest absolute Gasteiger partial charge is 0.270 e. The highest BCUT2D eigenvalue weighted by atomic mass is 32.2. The van der Waals surface area contributed by atoms with Crippen molar-refractivity contribution in [1.29, 1.82) is 0 Å². The van der Waals surface area contributed by atoms with Crippen molar-refractivity contribution in [3.05, 3.63) is 0 Å². The molecule has 0 amide bonds. The highest BCUT2D eigenvalue weighted by Crippen LogP contribution is 2.35. The maximum Gasteiger partial charge on any atom is 0.270 e. The van der Waals surface area contributed by atoms with E-state index in [0.717, 1.165) is 6.26 Å². The van der Waals surface area contributed by atoms with Crippen LogP contribution in [0.15, 0.2) is 0 Å². The van der Waals surface area contributed by atoms with Gasteiger partial charge in [-0.25, -0.2) is 0 Å². The minimum absolute atomic E-state index is 0.0149. The molecule has 1 unspecified atom stereocenters. The zero-order chi connectivity index (χ0) is 20.0. The average molecular weight is 418 g/mol. The van der Waals surface area contributed by atoms with Gasteiger partial charge in [-0.05, 0) is 34.1 Å². The van der Waals surface area contributed by atoms with Crippen LogP contribution in [0.2, 0.25) is 0 Å². The van der Waals surface area contributed by atoms with Crippen LogP contribution >= 0.6 is 0 Å². The Balaban J connectivity index is 2.16. The van der Waals surface area contributed by atoms with Gasteiger partial charge in [-0.1, -0.05) is 0 Å². The Bertz CT molecular complexity index is 712. The van der Waals surface area contributed by atoms with Gasteiger partial charge in [-0.3, -0.25) is 8.74 Å². The van der Waals surface area contributed by atoms with Gasteiger partial charge in [-0.2, -0.15) is 16.8 Å². The lowest BCUT2D eigenvalue weighted by atomic mass is 10.1. The number of ether oxygens (including phenoxy) is 4. The van der Waals surface area contributed by atoms with Crippen LogP contribution in [0.3, 0.4) is 0 Å². The molecule has 1 N–H and O–H groups in total. The molecule has 26 heavy (non-hydrogen) atoms. The van der Waals surface area contributed by atoms with E-state index in [1.165, 1.54) is 0 Å². The standard InChI is InChI=1S/C14H26O10S2/c1-13(2)20-7-11(24-13)12(26(17,18)19)6-9-10(8-21-25(5,15)16)23-14(3,4)22-9/h9-12H,6-8H2,1-5H3,(H,17,18,19)/t9-,10-,11?,12+/m0/s1. The van der Waals surface area contributed by atoms with Crippen molar-refractivity contribution < 1.29 is 44.5 Å². The Morgan fingerprint density at radius 1 is 1.04 bits per heavy atom. The molecule has 12 heteroatoms. The van der Waals surface area contributed by atoms with Gasteiger partial charge in [0.25, 0.3) is 20.2 Å². The normalized spacial score (nSPS) is 32.6. The van der Waals surface area contributed by atoms with Crippen LogP contribution in [0, 0.1) is 0 Å². The molecule has 0 aromatic heterocycles. The van der Waals surface area contributed by atoms with Crippen molar-refractivity contribution in [2.24, 2.45) is 0 Å². The summed E-state index contributed by atoms with van der Waals surface area (Å²) in [5, 5.41) is -1.33. The Morgan fingerprint density at radius 2 is 1.62 bits per heavy atom. The first-order chi connectivity index (χ1) is 11.6. The van der Waals surface area contributed by atoms with Crippen LogP contribution in [0.4, 0.5) is 0 Å². The third-order valence-corrected chi connectivity index (χ3v) is 5.85. The van der Waals surface area contributed by atoms with Crippen molar-refractivity contribution in [2.45, 2.75) is 69.3 Å². The zero-order valence-corrected chi connectivity index (χ0v) is 17.0. The molecule has 0 aliphatic carbocycles. The maximum absolute atomic E-state index is 11.9. The minimum atomic E-state index is -4.49. The van der Waals surface area contributed by atoms with Crippen molar-refractivity contribution in [1.82, 2.24) is 0 Å². The third kappa shape index (κ3) is 6.09. The van der Waals surface area contributed by atoms with Crippen molar-refractivity contribution >= 4 is 20.2 Å². The highest BCUT2D eigenvalue weighted by Gasteiger charge is 2.48. The number of hydrogen-bond acceptors (Lipinski definition) is 9. The molecule has 2 aliphatic heterocycles. The Kier molecular flexibility index (Phi) is 6.12. The summed E-state index contributed by atoms with van der Waals surface area (Å²) in [5.74, 6) is -2.04. The van der Waals surface area contributed by atoms with E-state index in [9.17, 15) is 21.4 Å². The molecule has 154 valence electrons. The van der Waals surface area contributed by atoms with Gasteiger partial charge in [0.1, 0.15) is 17.5 Å². The average Bonchev–Trinajstić information content (AvgIpc) is 2.90. The lowest BCUT2D eigenvalue weighted by Gasteiger charge is -2.25. The monoisotopic (exact) mass is 418 g/mol. The zero-order valence-electron chi connectivity index (χ0n) is 15.4. The summed E-state index contributed by atoms with van der Waals surface area (Å²) in [4.78, 5) is 0. The van der Waals surface area contributed by atoms with Gasteiger partial charge in [0, 0.05) is 0 Å². The van der Waals surface area contributed by atoms with Crippen LogP contribution < -0.4 is 0 Å². The summed E-state index contributed by atoms with van der Waals surface area (Å²) in [6.45, 7) is 6.14. The van der Waals surface area contributed by atoms with Crippen LogP contribution in [-0.2, 0) is 43.4 Å². The van der Waals surface area contributed by atoms with E-state index in [2.05, 4.69) is 0 Å². The first kappa shape index (κ1) is 22.0. The molecular formula is C14H26O10S2. The molecule has 4 atom stereocenters. The summed E-state index contributed by atoms with van der Waals surface area (Å²) in [6.07, 6.45) is -1.84. The molecular weight excluding hydrogens is 392 g/mol. The second-order valence-electron chi connectivity index (χ2n) is 7.36. The summed E-state index contributed by atoms with van der Waals surface area (Å²) in [7, 11) is -8.20. The summed E-state index contributed by atoms with van der Waals surface area (Å²) in [6, 6.07) is 0. The fraction of sp³-hybridized carbons (Fsp3) is 1.00. The molecule has 2 aliphatic rings. The van der Waals surface area contributed by atoms with Gasteiger partial charge >= 0.3 is 0 Å². The van der Waals surface area contributed by atoms with E-state index in [-0.39, 0.29) is 19.6 Å². The van der Waals surface area contributed by atoms with E-state index in [4.69, 9.17) is 23.1 Å². The van der Waals surface area contributed by atoms with Crippen LogP contribution in [0.5, 0.6) is 0 Å². The summed E-state index contributed by atoms with van der Waals surface area (Å²) >= 11 is 0. The van der Waals surface area contributed by atoms with E-state index >= 15 is 0 Å². The fourth-order valence-electron chi connectivity index (χ4n) is 3.03.